The summed E-state index contributed by atoms with van der Waals surface area (Å²) >= 11 is 0. The number of carbonyl (C=O) groups is 1. The average molecular weight is 498 g/mol. The Hall–Kier alpha value is -2.58. The van der Waals surface area contributed by atoms with Crippen molar-refractivity contribution in [2.45, 2.75) is 55.9 Å². The van der Waals surface area contributed by atoms with E-state index in [2.05, 4.69) is 6.07 Å². The summed E-state index contributed by atoms with van der Waals surface area (Å²) in [5.41, 5.74) is 9.25. The summed E-state index contributed by atoms with van der Waals surface area (Å²) in [6.45, 7) is 2.37. The van der Waals surface area contributed by atoms with Gasteiger partial charge in [-0.3, -0.25) is 9.10 Å². The molecule has 3 aliphatic rings. The molecule has 5 rings (SSSR count). The van der Waals surface area contributed by atoms with E-state index in [1.165, 1.54) is 16.1 Å². The Morgan fingerprint density at radius 1 is 1.14 bits per heavy atom. The number of piperidine rings is 1. The number of para-hydroxylation sites is 2. The van der Waals surface area contributed by atoms with Crippen molar-refractivity contribution < 1.29 is 17.9 Å². The number of rotatable bonds is 5. The van der Waals surface area contributed by atoms with Gasteiger partial charge in [0.15, 0.2) is 0 Å². The maximum Gasteiger partial charge on any atom is 0.239 e. The molecule has 2 aromatic rings. The van der Waals surface area contributed by atoms with Crippen molar-refractivity contribution >= 4 is 21.6 Å². The van der Waals surface area contributed by atoms with Crippen molar-refractivity contribution in [1.82, 2.24) is 4.90 Å². The Kier molecular flexibility index (Phi) is 6.53. The van der Waals surface area contributed by atoms with Crippen LogP contribution in [0.4, 0.5) is 5.69 Å². The standard InChI is InChI=1S/C27H35N3O4S/c1-35(32,33)30-19-27(22-9-3-4-10-24(22)30)14-16-29(17-15-27)26(31)23(28)13-12-20-7-6-18-34-25-11-5-2-8-21(20)25/h2-5,8-11,20,23H,6-7,12-19,28H2,1H3. The molecule has 2 N–H and O–H groups in total. The van der Waals surface area contributed by atoms with Gasteiger partial charge in [0.1, 0.15) is 5.75 Å². The van der Waals surface area contributed by atoms with E-state index in [1.807, 2.05) is 47.4 Å². The van der Waals surface area contributed by atoms with Crippen LogP contribution in [0, 0.1) is 0 Å². The van der Waals surface area contributed by atoms with Crippen LogP contribution < -0.4 is 14.8 Å². The van der Waals surface area contributed by atoms with E-state index in [4.69, 9.17) is 10.5 Å². The molecule has 1 amide bonds. The van der Waals surface area contributed by atoms with Crippen LogP contribution in [0.1, 0.15) is 55.6 Å². The summed E-state index contributed by atoms with van der Waals surface area (Å²) in [7, 11) is -3.35. The first kappa shape index (κ1) is 24.1. The van der Waals surface area contributed by atoms with Gasteiger partial charge in [-0.1, -0.05) is 36.4 Å². The van der Waals surface area contributed by atoms with Crippen molar-refractivity contribution in [3.63, 3.8) is 0 Å². The molecule has 8 heteroatoms. The lowest BCUT2D eigenvalue weighted by molar-refractivity contribution is -0.134. The molecule has 188 valence electrons. The van der Waals surface area contributed by atoms with E-state index in [0.717, 1.165) is 55.7 Å². The number of ether oxygens (including phenoxy) is 1. The normalized spacial score (nSPS) is 22.2. The number of hydrogen-bond acceptors (Lipinski definition) is 5. The summed E-state index contributed by atoms with van der Waals surface area (Å²) in [6, 6.07) is 15.4. The van der Waals surface area contributed by atoms with E-state index < -0.39 is 16.1 Å². The first-order valence-corrected chi connectivity index (χ1v) is 14.5. The fourth-order valence-electron chi connectivity index (χ4n) is 6.12. The second kappa shape index (κ2) is 9.47. The highest BCUT2D eigenvalue weighted by atomic mass is 32.2. The quantitative estimate of drug-likeness (QED) is 0.684. The number of likely N-dealkylation sites (tertiary alicyclic amines) is 1. The van der Waals surface area contributed by atoms with Crippen molar-refractivity contribution in [1.29, 1.82) is 0 Å². The van der Waals surface area contributed by atoms with Gasteiger partial charge in [-0.05, 0) is 67.7 Å². The van der Waals surface area contributed by atoms with Gasteiger partial charge >= 0.3 is 0 Å². The van der Waals surface area contributed by atoms with Crippen LogP contribution in [0.2, 0.25) is 0 Å². The minimum Gasteiger partial charge on any atom is -0.493 e. The van der Waals surface area contributed by atoms with Gasteiger partial charge in [0.05, 0.1) is 24.6 Å². The number of carbonyl (C=O) groups excluding carboxylic acids is 1. The lowest BCUT2D eigenvalue weighted by Gasteiger charge is -2.40. The monoisotopic (exact) mass is 497 g/mol. The second-order valence-electron chi connectivity index (χ2n) is 10.3. The lowest BCUT2D eigenvalue weighted by Crippen LogP contribution is -2.51. The first-order valence-electron chi connectivity index (χ1n) is 12.6. The van der Waals surface area contributed by atoms with Gasteiger partial charge in [0.25, 0.3) is 0 Å². The Morgan fingerprint density at radius 2 is 1.86 bits per heavy atom. The fraction of sp³-hybridized carbons (Fsp3) is 0.519. The van der Waals surface area contributed by atoms with E-state index in [-0.39, 0.29) is 11.3 Å². The molecule has 2 unspecified atom stereocenters. The summed E-state index contributed by atoms with van der Waals surface area (Å²) in [4.78, 5) is 15.1. The maximum atomic E-state index is 13.2. The molecule has 1 saturated heterocycles. The van der Waals surface area contributed by atoms with Crippen LogP contribution >= 0.6 is 0 Å². The molecule has 0 aliphatic carbocycles. The summed E-state index contributed by atoms with van der Waals surface area (Å²) in [5.74, 6) is 1.31. The van der Waals surface area contributed by atoms with Crippen molar-refractivity contribution in [3.8, 4) is 5.75 Å². The number of sulfonamides is 1. The zero-order chi connectivity index (χ0) is 24.6. The summed E-state index contributed by atoms with van der Waals surface area (Å²) in [5, 5.41) is 0. The van der Waals surface area contributed by atoms with Gasteiger partial charge in [0.2, 0.25) is 15.9 Å². The lowest BCUT2D eigenvalue weighted by atomic mass is 9.74. The average Bonchev–Trinajstić information content (AvgIpc) is 3.03. The van der Waals surface area contributed by atoms with Crippen LogP contribution in [0.25, 0.3) is 0 Å². The SMILES string of the molecule is CS(=O)(=O)N1CC2(CCN(C(=O)C(N)CCC3CCCOc4ccccc43)CC2)c2ccccc21. The van der Waals surface area contributed by atoms with Gasteiger partial charge < -0.3 is 15.4 Å². The van der Waals surface area contributed by atoms with E-state index >= 15 is 0 Å². The highest BCUT2D eigenvalue weighted by Crippen LogP contribution is 2.48. The number of benzene rings is 2. The molecule has 0 saturated carbocycles. The number of amides is 1. The molecule has 2 atom stereocenters. The van der Waals surface area contributed by atoms with Crippen molar-refractivity contribution in [3.05, 3.63) is 59.7 Å². The Bertz CT molecular complexity index is 1190. The summed E-state index contributed by atoms with van der Waals surface area (Å²) < 4.78 is 32.3. The number of hydrogen-bond donors (Lipinski definition) is 1. The molecule has 1 fully saturated rings. The number of nitrogens with two attached hydrogens (primary N) is 1. The molecule has 0 aromatic heterocycles. The largest absolute Gasteiger partial charge is 0.493 e. The fourth-order valence-corrected chi connectivity index (χ4v) is 7.12. The smallest absolute Gasteiger partial charge is 0.239 e. The Labute approximate surface area is 208 Å². The van der Waals surface area contributed by atoms with E-state index in [0.29, 0.717) is 32.0 Å². The van der Waals surface area contributed by atoms with Gasteiger partial charge in [-0.15, -0.1) is 0 Å². The number of nitrogens with zero attached hydrogens (tertiary/aromatic N) is 2. The zero-order valence-electron chi connectivity index (χ0n) is 20.4. The predicted octanol–water partition coefficient (Wildman–Crippen LogP) is 3.39. The molecule has 7 nitrogen and oxygen atoms in total. The molecule has 2 aromatic carbocycles. The highest BCUT2D eigenvalue weighted by Gasteiger charge is 2.47. The third kappa shape index (κ3) is 4.66. The topological polar surface area (TPSA) is 92.9 Å². The van der Waals surface area contributed by atoms with Gasteiger partial charge in [-0.25, -0.2) is 8.42 Å². The van der Waals surface area contributed by atoms with Crippen LogP contribution in [-0.4, -0.2) is 57.8 Å². The van der Waals surface area contributed by atoms with Crippen molar-refractivity contribution in [2.24, 2.45) is 5.73 Å². The number of fused-ring (bicyclic) bond motifs is 3. The zero-order valence-corrected chi connectivity index (χ0v) is 21.2. The second-order valence-corrected chi connectivity index (χ2v) is 12.2. The number of anilines is 1. The highest BCUT2D eigenvalue weighted by molar-refractivity contribution is 7.92. The molecule has 0 bridgehead atoms. The maximum absolute atomic E-state index is 13.2. The molecule has 3 aliphatic heterocycles. The molecular weight excluding hydrogens is 462 g/mol. The summed E-state index contributed by atoms with van der Waals surface area (Å²) in [6.07, 6.45) is 6.29. The molecule has 35 heavy (non-hydrogen) atoms. The van der Waals surface area contributed by atoms with E-state index in [9.17, 15) is 13.2 Å². The first-order chi connectivity index (χ1) is 16.8. The Morgan fingerprint density at radius 3 is 2.63 bits per heavy atom. The third-order valence-electron chi connectivity index (χ3n) is 8.08. The van der Waals surface area contributed by atoms with Gasteiger partial charge in [0, 0.05) is 25.0 Å². The van der Waals surface area contributed by atoms with E-state index in [1.54, 1.807) is 0 Å². The van der Waals surface area contributed by atoms with Crippen LogP contribution in [0.5, 0.6) is 5.75 Å². The van der Waals surface area contributed by atoms with Crippen LogP contribution in [0.3, 0.4) is 0 Å². The minimum atomic E-state index is -3.35. The molecular formula is C27H35N3O4S. The predicted molar refractivity (Wildman–Crippen MR) is 137 cm³/mol. The van der Waals surface area contributed by atoms with Crippen molar-refractivity contribution in [2.75, 3.05) is 36.8 Å². The molecule has 1 spiro atoms. The molecule has 0 radical (unpaired) electrons. The van der Waals surface area contributed by atoms with Crippen LogP contribution in [0.15, 0.2) is 48.5 Å². The minimum absolute atomic E-state index is 0.00394. The Balaban J connectivity index is 1.22. The third-order valence-corrected chi connectivity index (χ3v) is 9.21. The molecule has 3 heterocycles. The van der Waals surface area contributed by atoms with Gasteiger partial charge in [-0.2, -0.15) is 0 Å². The van der Waals surface area contributed by atoms with Crippen LogP contribution in [-0.2, 0) is 20.2 Å².